The Balaban J connectivity index is 1.76. The minimum atomic E-state index is -0.394. The first kappa shape index (κ1) is 23.0. The first-order valence-corrected chi connectivity index (χ1v) is 10.6. The zero-order valence-corrected chi connectivity index (χ0v) is 19.3. The summed E-state index contributed by atoms with van der Waals surface area (Å²) < 4.78 is 29.9. The molecule has 0 aliphatic heterocycles. The number of allylic oxidation sites excluding steroid dienone is 7. The van der Waals surface area contributed by atoms with Crippen molar-refractivity contribution in [3.63, 3.8) is 0 Å². The molecule has 2 aromatic rings. The Bertz CT molecular complexity index is 1280. The zero-order chi connectivity index (χ0) is 24.4. The van der Waals surface area contributed by atoms with Crippen LogP contribution in [0.2, 0.25) is 0 Å². The normalized spacial score (nSPS) is 16.3. The zero-order valence-electron chi connectivity index (χ0n) is 19.3. The van der Waals surface area contributed by atoms with E-state index in [4.69, 9.17) is 13.9 Å². The number of carbonyl (C=O) groups is 2. The molecule has 0 saturated heterocycles. The molecule has 0 radical (unpaired) electrons. The molecule has 0 N–H and O–H groups in total. The van der Waals surface area contributed by atoms with Gasteiger partial charge in [-0.1, -0.05) is 6.07 Å². The Morgan fingerprint density at radius 3 is 2.44 bits per heavy atom. The highest BCUT2D eigenvalue weighted by atomic mass is 19.1. The van der Waals surface area contributed by atoms with Crippen molar-refractivity contribution in [3.05, 3.63) is 106 Å². The van der Waals surface area contributed by atoms with Crippen LogP contribution in [0.3, 0.4) is 0 Å². The van der Waals surface area contributed by atoms with E-state index in [1.807, 2.05) is 13.0 Å². The van der Waals surface area contributed by atoms with Crippen molar-refractivity contribution in [1.29, 1.82) is 0 Å². The highest BCUT2D eigenvalue weighted by Crippen LogP contribution is 2.43. The summed E-state index contributed by atoms with van der Waals surface area (Å²) in [6, 6.07) is 8.06. The molecule has 1 heterocycles. The fourth-order valence-electron chi connectivity index (χ4n) is 3.99. The summed E-state index contributed by atoms with van der Waals surface area (Å²) in [6.45, 7) is 2.19. The first-order valence-electron chi connectivity index (χ1n) is 10.6. The van der Waals surface area contributed by atoms with Gasteiger partial charge in [-0.05, 0) is 82.8 Å². The van der Waals surface area contributed by atoms with E-state index in [2.05, 4.69) is 0 Å². The molecule has 6 nitrogen and oxygen atoms in total. The molecule has 1 aromatic carbocycles. The van der Waals surface area contributed by atoms with Gasteiger partial charge in [-0.2, -0.15) is 0 Å². The highest BCUT2D eigenvalue weighted by molar-refractivity contribution is 6.10. The first-order chi connectivity index (χ1) is 16.3. The van der Waals surface area contributed by atoms with Crippen LogP contribution in [-0.4, -0.2) is 37.9 Å². The largest absolute Gasteiger partial charge is 0.492 e. The summed E-state index contributed by atoms with van der Waals surface area (Å²) in [5, 5.41) is 0. The third-order valence-electron chi connectivity index (χ3n) is 5.78. The van der Waals surface area contributed by atoms with Gasteiger partial charge in [-0.15, -0.1) is 0 Å². The molecular formula is C27H24FNO5. The van der Waals surface area contributed by atoms with Gasteiger partial charge in [0.1, 0.15) is 11.6 Å². The van der Waals surface area contributed by atoms with Crippen LogP contribution < -0.4 is 0 Å². The summed E-state index contributed by atoms with van der Waals surface area (Å²) in [4.78, 5) is 26.8. The molecule has 0 atom stereocenters. The van der Waals surface area contributed by atoms with E-state index < -0.39 is 5.82 Å². The Kier molecular flexibility index (Phi) is 6.36. The third-order valence-corrected chi connectivity index (χ3v) is 5.78. The Labute approximate surface area is 197 Å². The van der Waals surface area contributed by atoms with Crippen LogP contribution in [0.15, 0.2) is 88.0 Å². The van der Waals surface area contributed by atoms with Crippen LogP contribution in [0.5, 0.6) is 0 Å². The monoisotopic (exact) mass is 461 g/mol. The number of amides is 1. The Hall–Kier alpha value is -4.13. The van der Waals surface area contributed by atoms with Crippen LogP contribution in [0.4, 0.5) is 4.39 Å². The summed E-state index contributed by atoms with van der Waals surface area (Å²) in [5.41, 5.74) is 4.35. The maximum Gasteiger partial charge on any atom is 0.261 e. The van der Waals surface area contributed by atoms with Gasteiger partial charge in [-0.3, -0.25) is 9.59 Å². The van der Waals surface area contributed by atoms with Crippen molar-refractivity contribution in [1.82, 2.24) is 4.90 Å². The summed E-state index contributed by atoms with van der Waals surface area (Å²) >= 11 is 0. The van der Waals surface area contributed by atoms with Crippen molar-refractivity contribution in [3.8, 4) is 0 Å². The van der Waals surface area contributed by atoms with E-state index in [1.165, 1.54) is 37.3 Å². The van der Waals surface area contributed by atoms with Gasteiger partial charge in [0, 0.05) is 13.1 Å². The maximum atomic E-state index is 14.2. The molecule has 34 heavy (non-hydrogen) atoms. The number of fused-ring (bicyclic) bond motifs is 1. The molecule has 0 bridgehead atoms. The third kappa shape index (κ3) is 4.37. The van der Waals surface area contributed by atoms with Crippen molar-refractivity contribution in [2.75, 3.05) is 21.3 Å². The second-order valence-corrected chi connectivity index (χ2v) is 7.96. The lowest BCUT2D eigenvalue weighted by atomic mass is 9.99. The average molecular weight is 461 g/mol. The number of furan rings is 1. The summed E-state index contributed by atoms with van der Waals surface area (Å²) in [6.07, 6.45) is 8.19. The van der Waals surface area contributed by atoms with E-state index in [9.17, 15) is 14.0 Å². The lowest BCUT2D eigenvalue weighted by Gasteiger charge is -2.14. The maximum absolute atomic E-state index is 14.2. The standard InChI is InChI=1S/C27H24FNO5/c1-16-21(10-17-11-24(32-3)27(31)25(12-17)33-4)20-8-7-18(28)13-23(20)22(16)14-26(30)29(2)15-19-6-5-9-34-19/h5-14H,15H2,1-4H3. The number of methoxy groups -OCH3 is 2. The molecule has 1 aromatic heterocycles. The molecule has 4 rings (SSSR count). The Morgan fingerprint density at radius 2 is 1.82 bits per heavy atom. The van der Waals surface area contributed by atoms with Gasteiger partial charge < -0.3 is 18.8 Å². The number of ketones is 1. The van der Waals surface area contributed by atoms with E-state index in [0.29, 0.717) is 29.0 Å². The van der Waals surface area contributed by atoms with Gasteiger partial charge in [0.25, 0.3) is 5.78 Å². The average Bonchev–Trinajstić information content (AvgIpc) is 3.42. The van der Waals surface area contributed by atoms with Crippen molar-refractivity contribution >= 4 is 22.8 Å². The number of hydrogen-bond donors (Lipinski definition) is 0. The number of rotatable bonds is 6. The Morgan fingerprint density at radius 1 is 1.12 bits per heavy atom. The molecule has 2 aliphatic carbocycles. The number of likely N-dealkylation sites (N-methyl/N-ethyl adjacent to an activating group) is 1. The quantitative estimate of drug-likeness (QED) is 0.577. The minimum Gasteiger partial charge on any atom is -0.492 e. The van der Waals surface area contributed by atoms with E-state index in [-0.39, 0.29) is 23.2 Å². The number of benzene rings is 1. The van der Waals surface area contributed by atoms with Crippen LogP contribution in [0, 0.1) is 5.82 Å². The minimum absolute atomic E-state index is 0.159. The number of nitrogens with zero attached hydrogens (tertiary/aromatic N) is 1. The topological polar surface area (TPSA) is 69.0 Å². The van der Waals surface area contributed by atoms with E-state index in [0.717, 1.165) is 16.7 Å². The lowest BCUT2D eigenvalue weighted by Crippen LogP contribution is -2.24. The molecule has 0 saturated carbocycles. The number of halogens is 1. The predicted molar refractivity (Wildman–Crippen MR) is 125 cm³/mol. The van der Waals surface area contributed by atoms with Crippen molar-refractivity contribution in [2.24, 2.45) is 0 Å². The van der Waals surface area contributed by atoms with Crippen LogP contribution in [0.1, 0.15) is 23.8 Å². The van der Waals surface area contributed by atoms with Gasteiger partial charge >= 0.3 is 0 Å². The molecule has 1 amide bonds. The molecule has 0 unspecified atom stereocenters. The molecule has 174 valence electrons. The summed E-state index contributed by atoms with van der Waals surface area (Å²) in [5.74, 6) is 0.0133. The van der Waals surface area contributed by atoms with Crippen LogP contribution in [-0.2, 0) is 25.6 Å². The molecule has 0 fully saturated rings. The smallest absolute Gasteiger partial charge is 0.261 e. The van der Waals surface area contributed by atoms with Gasteiger partial charge in [0.05, 0.1) is 27.0 Å². The number of hydrogen-bond acceptors (Lipinski definition) is 5. The molecular weight excluding hydrogens is 437 g/mol. The summed E-state index contributed by atoms with van der Waals surface area (Å²) in [7, 11) is 4.52. The molecule has 2 aliphatic rings. The van der Waals surface area contributed by atoms with Crippen molar-refractivity contribution < 1.29 is 27.9 Å². The fraction of sp³-hybridized carbons (Fsp3) is 0.185. The lowest BCUT2D eigenvalue weighted by molar-refractivity contribution is -0.125. The number of ether oxygens (including phenoxy) is 2. The molecule has 7 heteroatoms. The van der Waals surface area contributed by atoms with Gasteiger partial charge in [0.15, 0.2) is 11.5 Å². The van der Waals surface area contributed by atoms with Crippen LogP contribution >= 0.6 is 0 Å². The predicted octanol–water partition coefficient (Wildman–Crippen LogP) is 4.82. The second-order valence-electron chi connectivity index (χ2n) is 7.96. The SMILES string of the molecule is COC1=CC(=CC2=C(C)C(=CC(=O)N(C)Cc3ccco3)c3cc(F)ccc32)C=C(OC)C1=O. The van der Waals surface area contributed by atoms with Gasteiger partial charge in [0.2, 0.25) is 5.91 Å². The van der Waals surface area contributed by atoms with E-state index >= 15 is 0 Å². The van der Waals surface area contributed by atoms with Crippen LogP contribution in [0.25, 0.3) is 11.1 Å². The highest BCUT2D eigenvalue weighted by Gasteiger charge is 2.26. The number of carbonyl (C=O) groups excluding carboxylic acids is 2. The van der Waals surface area contributed by atoms with Crippen molar-refractivity contribution in [2.45, 2.75) is 13.5 Å². The second kappa shape index (κ2) is 9.39. The number of Topliss-reactive ketones (excluding diaryl/α,β-unsaturated/α-hetero) is 1. The fourth-order valence-corrected chi connectivity index (χ4v) is 3.99. The molecule has 0 spiro atoms. The van der Waals surface area contributed by atoms with E-state index in [1.54, 1.807) is 43.7 Å². The van der Waals surface area contributed by atoms with Gasteiger partial charge in [-0.25, -0.2) is 4.39 Å².